The van der Waals surface area contributed by atoms with Crippen LogP contribution in [0.1, 0.15) is 76.9 Å². The summed E-state index contributed by atoms with van der Waals surface area (Å²) in [7, 11) is 0. The quantitative estimate of drug-likeness (QED) is 0.552. The van der Waals surface area contributed by atoms with Gasteiger partial charge >= 0.3 is 0 Å². The maximum absolute atomic E-state index is 10.3. The third kappa shape index (κ3) is 6.77. The van der Waals surface area contributed by atoms with Crippen molar-refractivity contribution in [1.29, 1.82) is 0 Å². The Morgan fingerprint density at radius 3 is 2.11 bits per heavy atom. The van der Waals surface area contributed by atoms with Crippen molar-refractivity contribution < 1.29 is 5.11 Å². The number of hydrogen-bond acceptors (Lipinski definition) is 1. The molecule has 19 heavy (non-hydrogen) atoms. The van der Waals surface area contributed by atoms with E-state index in [2.05, 4.69) is 13.8 Å². The van der Waals surface area contributed by atoms with Gasteiger partial charge in [0.2, 0.25) is 0 Å². The van der Waals surface area contributed by atoms with Gasteiger partial charge in [0.15, 0.2) is 0 Å². The van der Waals surface area contributed by atoms with Gasteiger partial charge in [0, 0.05) is 0 Å². The van der Waals surface area contributed by atoms with E-state index in [1.807, 2.05) is 30.3 Å². The smallest absolute Gasteiger partial charge is 0.0815 e. The normalized spacial score (nSPS) is 14.3. The topological polar surface area (TPSA) is 20.2 Å². The van der Waals surface area contributed by atoms with Crippen LogP contribution in [0.2, 0.25) is 0 Å². The van der Waals surface area contributed by atoms with Crippen molar-refractivity contribution in [2.24, 2.45) is 5.92 Å². The monoisotopic (exact) mass is 262 g/mol. The van der Waals surface area contributed by atoms with Crippen LogP contribution in [0, 0.1) is 5.92 Å². The van der Waals surface area contributed by atoms with E-state index in [0.29, 0.717) is 5.92 Å². The Balaban J connectivity index is 2.12. The summed E-state index contributed by atoms with van der Waals surface area (Å²) in [6.07, 6.45) is 10.2. The molecule has 0 aromatic heterocycles. The summed E-state index contributed by atoms with van der Waals surface area (Å²) >= 11 is 0. The highest BCUT2D eigenvalue weighted by Gasteiger charge is 2.15. The Labute approximate surface area is 119 Å². The minimum Gasteiger partial charge on any atom is -0.388 e. The second-order valence-corrected chi connectivity index (χ2v) is 5.74. The van der Waals surface area contributed by atoms with Gasteiger partial charge in [-0.25, -0.2) is 0 Å². The first-order valence-electron chi connectivity index (χ1n) is 7.98. The molecule has 1 N–H and O–H groups in total. The van der Waals surface area contributed by atoms with Gasteiger partial charge in [0.1, 0.15) is 0 Å². The van der Waals surface area contributed by atoms with Crippen LogP contribution < -0.4 is 0 Å². The van der Waals surface area contributed by atoms with Crippen LogP contribution in [-0.2, 0) is 0 Å². The maximum atomic E-state index is 10.3. The number of hydrogen-bond donors (Lipinski definition) is 1. The molecule has 0 saturated heterocycles. The molecule has 0 spiro atoms. The molecule has 1 heteroatoms. The van der Waals surface area contributed by atoms with Crippen molar-refractivity contribution in [2.45, 2.75) is 71.3 Å². The van der Waals surface area contributed by atoms with Crippen LogP contribution in [0.4, 0.5) is 0 Å². The third-order valence-electron chi connectivity index (χ3n) is 3.94. The Bertz CT molecular complexity index is 307. The van der Waals surface area contributed by atoms with Crippen LogP contribution in [0.25, 0.3) is 0 Å². The summed E-state index contributed by atoms with van der Waals surface area (Å²) < 4.78 is 0. The van der Waals surface area contributed by atoms with Gasteiger partial charge in [0.25, 0.3) is 0 Å². The molecule has 0 amide bonds. The first kappa shape index (κ1) is 16.2. The molecular formula is C18H30O. The predicted octanol–water partition coefficient (Wildman–Crippen LogP) is 5.50. The molecule has 0 bridgehead atoms. The van der Waals surface area contributed by atoms with Crippen molar-refractivity contribution in [2.75, 3.05) is 0 Å². The molecule has 0 aliphatic rings. The summed E-state index contributed by atoms with van der Waals surface area (Å²) in [4.78, 5) is 0. The maximum Gasteiger partial charge on any atom is 0.0815 e. The average Bonchev–Trinajstić information content (AvgIpc) is 2.46. The van der Waals surface area contributed by atoms with Gasteiger partial charge in [-0.3, -0.25) is 0 Å². The average molecular weight is 262 g/mol. The Hall–Kier alpha value is -0.820. The standard InChI is InChI=1S/C18H30O/c1-3-4-5-6-7-8-10-13-16(2)18(19)17-14-11-9-12-15-17/h9,11-12,14-16,18-19H,3-8,10,13H2,1-2H3. The van der Waals surface area contributed by atoms with Crippen LogP contribution in [0.15, 0.2) is 30.3 Å². The Morgan fingerprint density at radius 2 is 1.47 bits per heavy atom. The van der Waals surface area contributed by atoms with E-state index in [9.17, 15) is 5.11 Å². The van der Waals surface area contributed by atoms with E-state index in [1.54, 1.807) is 0 Å². The van der Waals surface area contributed by atoms with E-state index in [-0.39, 0.29) is 6.10 Å². The zero-order chi connectivity index (χ0) is 13.9. The molecule has 108 valence electrons. The number of rotatable bonds is 10. The molecule has 0 radical (unpaired) electrons. The fraction of sp³-hybridized carbons (Fsp3) is 0.667. The highest BCUT2D eigenvalue weighted by molar-refractivity contribution is 5.17. The van der Waals surface area contributed by atoms with Crippen LogP contribution >= 0.6 is 0 Å². The van der Waals surface area contributed by atoms with Crippen LogP contribution in [-0.4, -0.2) is 5.11 Å². The first-order valence-corrected chi connectivity index (χ1v) is 7.98. The largest absolute Gasteiger partial charge is 0.388 e. The summed E-state index contributed by atoms with van der Waals surface area (Å²) in [5.41, 5.74) is 1.05. The van der Waals surface area contributed by atoms with Crippen LogP contribution in [0.3, 0.4) is 0 Å². The zero-order valence-corrected chi connectivity index (χ0v) is 12.6. The van der Waals surface area contributed by atoms with E-state index >= 15 is 0 Å². The summed E-state index contributed by atoms with van der Waals surface area (Å²) in [5, 5.41) is 10.3. The minimum absolute atomic E-state index is 0.304. The first-order chi connectivity index (χ1) is 9.25. The van der Waals surface area contributed by atoms with E-state index in [0.717, 1.165) is 12.0 Å². The molecule has 0 saturated carbocycles. The lowest BCUT2D eigenvalue weighted by Gasteiger charge is -2.19. The molecule has 0 aliphatic carbocycles. The zero-order valence-electron chi connectivity index (χ0n) is 12.6. The van der Waals surface area contributed by atoms with Crippen molar-refractivity contribution in [3.63, 3.8) is 0 Å². The van der Waals surface area contributed by atoms with E-state index in [1.165, 1.54) is 44.9 Å². The third-order valence-corrected chi connectivity index (χ3v) is 3.94. The molecule has 1 aromatic carbocycles. The SMILES string of the molecule is CCCCCCCCCC(C)C(O)c1ccccc1. The minimum atomic E-state index is -0.304. The molecular weight excluding hydrogens is 232 g/mol. The van der Waals surface area contributed by atoms with Crippen molar-refractivity contribution in [3.05, 3.63) is 35.9 Å². The Morgan fingerprint density at radius 1 is 0.895 bits per heavy atom. The van der Waals surface area contributed by atoms with Crippen LogP contribution in [0.5, 0.6) is 0 Å². The number of unbranched alkanes of at least 4 members (excludes halogenated alkanes) is 6. The fourth-order valence-corrected chi connectivity index (χ4v) is 2.56. The molecule has 1 aromatic rings. The molecule has 2 unspecified atom stereocenters. The lowest BCUT2D eigenvalue weighted by molar-refractivity contribution is 0.111. The molecule has 1 nitrogen and oxygen atoms in total. The predicted molar refractivity (Wildman–Crippen MR) is 83.2 cm³/mol. The van der Waals surface area contributed by atoms with Gasteiger partial charge in [0.05, 0.1) is 6.10 Å². The molecule has 0 aliphatic heterocycles. The lowest BCUT2D eigenvalue weighted by Crippen LogP contribution is -2.09. The fourth-order valence-electron chi connectivity index (χ4n) is 2.56. The second-order valence-electron chi connectivity index (χ2n) is 5.74. The second kappa shape index (κ2) is 10.0. The van der Waals surface area contributed by atoms with Crippen molar-refractivity contribution in [1.82, 2.24) is 0 Å². The Kier molecular flexibility index (Phi) is 8.57. The lowest BCUT2D eigenvalue weighted by atomic mass is 9.92. The van der Waals surface area contributed by atoms with Gasteiger partial charge in [-0.1, -0.05) is 89.1 Å². The number of benzene rings is 1. The highest BCUT2D eigenvalue weighted by Crippen LogP contribution is 2.26. The molecule has 0 fully saturated rings. The molecule has 2 atom stereocenters. The van der Waals surface area contributed by atoms with E-state index < -0.39 is 0 Å². The van der Waals surface area contributed by atoms with Gasteiger partial charge in [-0.15, -0.1) is 0 Å². The molecule has 0 heterocycles. The molecule has 1 rings (SSSR count). The summed E-state index contributed by atoms with van der Waals surface area (Å²) in [5.74, 6) is 0.359. The summed E-state index contributed by atoms with van der Waals surface area (Å²) in [6, 6.07) is 10.0. The van der Waals surface area contributed by atoms with Crippen molar-refractivity contribution >= 4 is 0 Å². The summed E-state index contributed by atoms with van der Waals surface area (Å²) in [6.45, 7) is 4.42. The van der Waals surface area contributed by atoms with Crippen molar-refractivity contribution in [3.8, 4) is 0 Å². The van der Waals surface area contributed by atoms with Gasteiger partial charge in [-0.05, 0) is 17.9 Å². The highest BCUT2D eigenvalue weighted by atomic mass is 16.3. The van der Waals surface area contributed by atoms with E-state index in [4.69, 9.17) is 0 Å². The number of aliphatic hydroxyl groups excluding tert-OH is 1. The van der Waals surface area contributed by atoms with Gasteiger partial charge < -0.3 is 5.11 Å². The number of aliphatic hydroxyl groups is 1. The van der Waals surface area contributed by atoms with Gasteiger partial charge in [-0.2, -0.15) is 0 Å².